The average molecular weight is 322 g/mol. The second kappa shape index (κ2) is 5.65. The highest BCUT2D eigenvalue weighted by atomic mass is 35.5. The Morgan fingerprint density at radius 3 is 2.10 bits per heavy atom. The van der Waals surface area contributed by atoms with Gasteiger partial charge in [-0.15, -0.1) is 0 Å². The molecule has 21 heavy (non-hydrogen) atoms. The van der Waals surface area contributed by atoms with Crippen LogP contribution in [0.3, 0.4) is 0 Å². The summed E-state index contributed by atoms with van der Waals surface area (Å²) in [5.74, 6) is 0.295. The number of pyridine rings is 1. The van der Waals surface area contributed by atoms with Crippen molar-refractivity contribution in [3.05, 3.63) is 22.8 Å². The lowest BCUT2D eigenvalue weighted by atomic mass is 10.0. The van der Waals surface area contributed by atoms with Gasteiger partial charge in [0, 0.05) is 31.7 Å². The molecule has 1 saturated heterocycles. The number of hydrogen-bond acceptors (Lipinski definition) is 3. The van der Waals surface area contributed by atoms with Crippen LogP contribution in [0.5, 0.6) is 0 Å². The lowest BCUT2D eigenvalue weighted by Crippen LogP contribution is -2.53. The first-order valence-corrected chi connectivity index (χ1v) is 7.20. The van der Waals surface area contributed by atoms with Crippen molar-refractivity contribution in [2.75, 3.05) is 31.1 Å². The normalized spacial score (nSPS) is 18.1. The molecule has 0 amide bonds. The Labute approximate surface area is 127 Å². The summed E-state index contributed by atoms with van der Waals surface area (Å²) in [4.78, 5) is 8.19. The molecule has 0 saturated carbocycles. The Morgan fingerprint density at radius 2 is 1.62 bits per heavy atom. The number of rotatable bonds is 1. The van der Waals surface area contributed by atoms with Gasteiger partial charge in [0.1, 0.15) is 11.0 Å². The molecule has 3 nitrogen and oxygen atoms in total. The van der Waals surface area contributed by atoms with Gasteiger partial charge in [0.2, 0.25) is 0 Å². The van der Waals surface area contributed by atoms with Gasteiger partial charge in [-0.3, -0.25) is 4.90 Å². The third kappa shape index (κ3) is 4.01. The fourth-order valence-electron chi connectivity index (χ4n) is 2.42. The van der Waals surface area contributed by atoms with Crippen LogP contribution in [-0.2, 0) is 6.18 Å². The van der Waals surface area contributed by atoms with Gasteiger partial charge in [-0.1, -0.05) is 11.6 Å². The van der Waals surface area contributed by atoms with Crippen LogP contribution < -0.4 is 4.90 Å². The monoisotopic (exact) mass is 321 g/mol. The van der Waals surface area contributed by atoms with E-state index >= 15 is 0 Å². The zero-order valence-corrected chi connectivity index (χ0v) is 13.1. The minimum Gasteiger partial charge on any atom is -0.354 e. The Balaban J connectivity index is 2.16. The SMILES string of the molecule is CC(C)(C)N1CCN(c2cc(C(F)(F)F)cc(Cl)n2)CC1. The molecular weight excluding hydrogens is 303 g/mol. The molecule has 2 heterocycles. The Hall–Kier alpha value is -1.01. The molecule has 0 radical (unpaired) electrons. The van der Waals surface area contributed by atoms with E-state index in [0.717, 1.165) is 25.2 Å². The van der Waals surface area contributed by atoms with E-state index in [2.05, 4.69) is 30.7 Å². The molecule has 0 bridgehead atoms. The van der Waals surface area contributed by atoms with E-state index in [1.54, 1.807) is 0 Å². The van der Waals surface area contributed by atoms with Crippen molar-refractivity contribution in [2.24, 2.45) is 0 Å². The summed E-state index contributed by atoms with van der Waals surface area (Å²) in [5, 5.41) is -0.127. The maximum Gasteiger partial charge on any atom is 0.416 e. The van der Waals surface area contributed by atoms with Crippen molar-refractivity contribution in [3.8, 4) is 0 Å². The minimum absolute atomic E-state index is 0.0605. The molecule has 1 aliphatic rings. The predicted molar refractivity (Wildman–Crippen MR) is 77.8 cm³/mol. The summed E-state index contributed by atoms with van der Waals surface area (Å²) < 4.78 is 38.5. The predicted octanol–water partition coefficient (Wildman–Crippen LogP) is 3.67. The first-order chi connectivity index (χ1) is 9.57. The fraction of sp³-hybridized carbons (Fsp3) is 0.643. The van der Waals surface area contributed by atoms with E-state index in [1.165, 1.54) is 0 Å². The minimum atomic E-state index is -4.41. The molecule has 1 aromatic heterocycles. The Kier molecular flexibility index (Phi) is 4.40. The summed E-state index contributed by atoms with van der Waals surface area (Å²) in [5.41, 5.74) is -0.693. The van der Waals surface area contributed by atoms with E-state index in [0.29, 0.717) is 18.9 Å². The molecule has 7 heteroatoms. The standard InChI is InChI=1S/C14H19ClF3N3/c1-13(2,3)21-6-4-20(5-7-21)12-9-10(14(16,17)18)8-11(15)19-12/h8-9H,4-7H2,1-3H3. The van der Waals surface area contributed by atoms with E-state index in [1.807, 2.05) is 4.90 Å². The van der Waals surface area contributed by atoms with Gasteiger partial charge in [-0.25, -0.2) is 4.98 Å². The first kappa shape index (κ1) is 16.4. The van der Waals surface area contributed by atoms with Crippen molar-refractivity contribution in [3.63, 3.8) is 0 Å². The summed E-state index contributed by atoms with van der Waals surface area (Å²) in [6.45, 7) is 9.24. The van der Waals surface area contributed by atoms with E-state index in [9.17, 15) is 13.2 Å². The third-order valence-corrected chi connectivity index (χ3v) is 3.85. The van der Waals surface area contributed by atoms with Gasteiger partial charge < -0.3 is 4.90 Å². The van der Waals surface area contributed by atoms with Crippen LogP contribution in [0, 0.1) is 0 Å². The lowest BCUT2D eigenvalue weighted by Gasteiger charge is -2.42. The quantitative estimate of drug-likeness (QED) is 0.736. The van der Waals surface area contributed by atoms with Crippen molar-refractivity contribution >= 4 is 17.4 Å². The van der Waals surface area contributed by atoms with Crippen LogP contribution >= 0.6 is 11.6 Å². The van der Waals surface area contributed by atoms with Gasteiger partial charge in [0.15, 0.2) is 0 Å². The zero-order chi connectivity index (χ0) is 15.8. The fourth-order valence-corrected chi connectivity index (χ4v) is 2.62. The van der Waals surface area contributed by atoms with Gasteiger partial charge >= 0.3 is 6.18 Å². The van der Waals surface area contributed by atoms with Crippen LogP contribution in [0.1, 0.15) is 26.3 Å². The molecule has 118 valence electrons. The van der Waals surface area contributed by atoms with Crippen LogP contribution in [0.25, 0.3) is 0 Å². The Morgan fingerprint density at radius 1 is 1.05 bits per heavy atom. The number of hydrogen-bond donors (Lipinski definition) is 0. The van der Waals surface area contributed by atoms with E-state index in [-0.39, 0.29) is 10.7 Å². The molecule has 1 aromatic rings. The summed E-state index contributed by atoms with van der Waals surface area (Å²) in [6.07, 6.45) is -4.41. The highest BCUT2D eigenvalue weighted by molar-refractivity contribution is 6.29. The summed E-state index contributed by atoms with van der Waals surface area (Å²) in [6, 6.07) is 1.93. The van der Waals surface area contributed by atoms with Crippen LogP contribution in [0.2, 0.25) is 5.15 Å². The number of anilines is 1. The van der Waals surface area contributed by atoms with Gasteiger partial charge in [-0.2, -0.15) is 13.2 Å². The average Bonchev–Trinajstić information content (AvgIpc) is 2.36. The topological polar surface area (TPSA) is 19.4 Å². The molecule has 2 rings (SSSR count). The molecule has 0 unspecified atom stereocenters. The molecule has 0 aliphatic carbocycles. The maximum atomic E-state index is 12.8. The van der Waals surface area contributed by atoms with Gasteiger partial charge in [0.05, 0.1) is 5.56 Å². The van der Waals surface area contributed by atoms with Crippen LogP contribution in [-0.4, -0.2) is 41.6 Å². The van der Waals surface area contributed by atoms with Crippen LogP contribution in [0.4, 0.5) is 19.0 Å². The van der Waals surface area contributed by atoms with Crippen molar-refractivity contribution in [1.82, 2.24) is 9.88 Å². The largest absolute Gasteiger partial charge is 0.416 e. The molecule has 1 fully saturated rings. The second-order valence-corrected chi connectivity index (χ2v) is 6.57. The molecular formula is C14H19ClF3N3. The summed E-state index contributed by atoms with van der Waals surface area (Å²) >= 11 is 5.73. The second-order valence-electron chi connectivity index (χ2n) is 6.18. The lowest BCUT2D eigenvalue weighted by molar-refractivity contribution is -0.137. The van der Waals surface area contributed by atoms with Crippen LogP contribution in [0.15, 0.2) is 12.1 Å². The number of aromatic nitrogens is 1. The zero-order valence-electron chi connectivity index (χ0n) is 12.3. The number of alkyl halides is 3. The maximum absolute atomic E-state index is 12.8. The van der Waals surface area contributed by atoms with Crippen molar-refractivity contribution in [2.45, 2.75) is 32.5 Å². The molecule has 0 N–H and O–H groups in total. The molecule has 0 spiro atoms. The number of piperazine rings is 1. The van der Waals surface area contributed by atoms with Crippen molar-refractivity contribution < 1.29 is 13.2 Å². The van der Waals surface area contributed by atoms with Crippen molar-refractivity contribution in [1.29, 1.82) is 0 Å². The molecule has 1 aliphatic heterocycles. The third-order valence-electron chi connectivity index (χ3n) is 3.66. The number of nitrogens with zero attached hydrogens (tertiary/aromatic N) is 3. The van der Waals surface area contributed by atoms with E-state index in [4.69, 9.17) is 11.6 Å². The molecule has 0 aromatic carbocycles. The highest BCUT2D eigenvalue weighted by Gasteiger charge is 2.33. The summed E-state index contributed by atoms with van der Waals surface area (Å²) in [7, 11) is 0. The first-order valence-electron chi connectivity index (χ1n) is 6.82. The van der Waals surface area contributed by atoms with Gasteiger partial charge in [-0.05, 0) is 32.9 Å². The highest BCUT2D eigenvalue weighted by Crippen LogP contribution is 2.33. The Bertz CT molecular complexity index is 503. The smallest absolute Gasteiger partial charge is 0.354 e. The van der Waals surface area contributed by atoms with E-state index < -0.39 is 11.7 Å². The van der Waals surface area contributed by atoms with Gasteiger partial charge in [0.25, 0.3) is 0 Å². The number of halogens is 4. The molecule has 0 atom stereocenters.